The fourth-order valence-corrected chi connectivity index (χ4v) is 1.92. The van der Waals surface area contributed by atoms with E-state index in [1.807, 2.05) is 45.2 Å². The molecule has 1 heterocycles. The maximum atomic E-state index is 12.1. The predicted molar refractivity (Wildman–Crippen MR) is 82.5 cm³/mol. The van der Waals surface area contributed by atoms with Gasteiger partial charge in [0.05, 0.1) is 12.2 Å². The van der Waals surface area contributed by atoms with Crippen molar-refractivity contribution in [2.24, 2.45) is 0 Å². The SMILES string of the molecule is CCN(C)c1ccc(C(=O)NCc2nc(C)c(C)o2)cc1. The number of hydrogen-bond donors (Lipinski definition) is 1. The van der Waals surface area contributed by atoms with Crippen LogP contribution in [0.2, 0.25) is 0 Å². The molecular formula is C16H21N3O2. The van der Waals surface area contributed by atoms with Crippen LogP contribution in [0.3, 0.4) is 0 Å². The highest BCUT2D eigenvalue weighted by molar-refractivity contribution is 5.94. The number of hydrogen-bond acceptors (Lipinski definition) is 4. The van der Waals surface area contributed by atoms with Crippen LogP contribution < -0.4 is 10.2 Å². The van der Waals surface area contributed by atoms with E-state index < -0.39 is 0 Å². The van der Waals surface area contributed by atoms with Gasteiger partial charge < -0.3 is 14.6 Å². The van der Waals surface area contributed by atoms with Crippen LogP contribution in [-0.4, -0.2) is 24.5 Å². The van der Waals surface area contributed by atoms with E-state index in [1.54, 1.807) is 0 Å². The Kier molecular flexibility index (Phi) is 4.62. The molecule has 0 aliphatic heterocycles. The lowest BCUT2D eigenvalue weighted by Gasteiger charge is -2.16. The number of aryl methyl sites for hydroxylation is 2. The van der Waals surface area contributed by atoms with Gasteiger partial charge in [0.25, 0.3) is 5.91 Å². The molecule has 2 rings (SSSR count). The van der Waals surface area contributed by atoms with Crippen molar-refractivity contribution in [3.05, 3.63) is 47.2 Å². The molecule has 0 aliphatic carbocycles. The highest BCUT2D eigenvalue weighted by Crippen LogP contribution is 2.13. The summed E-state index contributed by atoms with van der Waals surface area (Å²) < 4.78 is 5.43. The van der Waals surface area contributed by atoms with Crippen LogP contribution in [0.25, 0.3) is 0 Å². The summed E-state index contributed by atoms with van der Waals surface area (Å²) in [5, 5.41) is 2.81. The lowest BCUT2D eigenvalue weighted by molar-refractivity contribution is 0.0947. The van der Waals surface area contributed by atoms with Crippen LogP contribution >= 0.6 is 0 Å². The maximum Gasteiger partial charge on any atom is 0.251 e. The molecule has 0 saturated heterocycles. The zero-order valence-electron chi connectivity index (χ0n) is 12.9. The first-order chi connectivity index (χ1) is 10.0. The molecule has 1 aromatic carbocycles. The Morgan fingerprint density at radius 2 is 1.95 bits per heavy atom. The minimum Gasteiger partial charge on any atom is -0.444 e. The first-order valence-corrected chi connectivity index (χ1v) is 7.03. The molecule has 0 saturated carbocycles. The van der Waals surface area contributed by atoms with Crippen LogP contribution in [0.15, 0.2) is 28.7 Å². The molecule has 1 aromatic heterocycles. The topological polar surface area (TPSA) is 58.4 Å². The summed E-state index contributed by atoms with van der Waals surface area (Å²) in [4.78, 5) is 18.4. The third kappa shape index (κ3) is 3.62. The summed E-state index contributed by atoms with van der Waals surface area (Å²) in [6.07, 6.45) is 0. The van der Waals surface area contributed by atoms with Gasteiger partial charge in [-0.15, -0.1) is 0 Å². The van der Waals surface area contributed by atoms with Crippen LogP contribution in [0.4, 0.5) is 5.69 Å². The minimum atomic E-state index is -0.130. The van der Waals surface area contributed by atoms with Crippen molar-refractivity contribution >= 4 is 11.6 Å². The minimum absolute atomic E-state index is 0.130. The van der Waals surface area contributed by atoms with E-state index in [0.717, 1.165) is 23.7 Å². The predicted octanol–water partition coefficient (Wildman–Crippen LogP) is 2.68. The van der Waals surface area contributed by atoms with E-state index in [-0.39, 0.29) is 5.91 Å². The number of aromatic nitrogens is 1. The van der Waals surface area contributed by atoms with E-state index in [0.29, 0.717) is 18.0 Å². The van der Waals surface area contributed by atoms with Gasteiger partial charge in [0, 0.05) is 24.8 Å². The average Bonchev–Trinajstić information content (AvgIpc) is 2.82. The monoisotopic (exact) mass is 287 g/mol. The van der Waals surface area contributed by atoms with E-state index in [2.05, 4.69) is 22.1 Å². The van der Waals surface area contributed by atoms with E-state index in [1.165, 1.54) is 0 Å². The molecule has 21 heavy (non-hydrogen) atoms. The first-order valence-electron chi connectivity index (χ1n) is 7.03. The van der Waals surface area contributed by atoms with Crippen molar-refractivity contribution in [2.45, 2.75) is 27.3 Å². The van der Waals surface area contributed by atoms with Crippen molar-refractivity contribution in [1.29, 1.82) is 0 Å². The van der Waals surface area contributed by atoms with Crippen LogP contribution in [0, 0.1) is 13.8 Å². The smallest absolute Gasteiger partial charge is 0.251 e. The van der Waals surface area contributed by atoms with Crippen molar-refractivity contribution in [3.63, 3.8) is 0 Å². The van der Waals surface area contributed by atoms with Crippen molar-refractivity contribution in [1.82, 2.24) is 10.3 Å². The summed E-state index contributed by atoms with van der Waals surface area (Å²) in [5.41, 5.74) is 2.57. The third-order valence-corrected chi connectivity index (χ3v) is 3.52. The maximum absolute atomic E-state index is 12.1. The van der Waals surface area contributed by atoms with Gasteiger partial charge >= 0.3 is 0 Å². The highest BCUT2D eigenvalue weighted by Gasteiger charge is 2.09. The Balaban J connectivity index is 1.97. The van der Waals surface area contributed by atoms with Gasteiger partial charge in [0.2, 0.25) is 5.89 Å². The number of carbonyl (C=O) groups is 1. The fourth-order valence-electron chi connectivity index (χ4n) is 1.92. The van der Waals surface area contributed by atoms with Crippen molar-refractivity contribution < 1.29 is 9.21 Å². The van der Waals surface area contributed by atoms with Gasteiger partial charge in [-0.05, 0) is 45.0 Å². The molecule has 0 aliphatic rings. The molecule has 0 spiro atoms. The number of carbonyl (C=O) groups excluding carboxylic acids is 1. The van der Waals surface area contributed by atoms with Gasteiger partial charge in [0.1, 0.15) is 5.76 Å². The molecule has 2 aromatic rings. The second kappa shape index (κ2) is 6.43. The Labute approximate surface area is 125 Å². The third-order valence-electron chi connectivity index (χ3n) is 3.52. The Morgan fingerprint density at radius 1 is 1.29 bits per heavy atom. The average molecular weight is 287 g/mol. The summed E-state index contributed by atoms with van der Waals surface area (Å²) in [6.45, 7) is 7.04. The molecule has 0 radical (unpaired) electrons. The Hall–Kier alpha value is -2.30. The second-order valence-corrected chi connectivity index (χ2v) is 4.99. The first kappa shape index (κ1) is 15.1. The zero-order chi connectivity index (χ0) is 15.4. The van der Waals surface area contributed by atoms with Gasteiger partial charge in [-0.1, -0.05) is 0 Å². The lowest BCUT2D eigenvalue weighted by Crippen LogP contribution is -2.23. The number of rotatable bonds is 5. The number of oxazole rings is 1. The standard InChI is InChI=1S/C16H21N3O2/c1-5-19(4)14-8-6-13(7-9-14)16(20)17-10-15-18-11(2)12(3)21-15/h6-9H,5,10H2,1-4H3,(H,17,20). The molecule has 0 atom stereocenters. The molecule has 5 heteroatoms. The number of benzene rings is 1. The quantitative estimate of drug-likeness (QED) is 0.918. The molecule has 0 bridgehead atoms. The van der Waals surface area contributed by atoms with Gasteiger partial charge in [-0.2, -0.15) is 0 Å². The largest absolute Gasteiger partial charge is 0.444 e. The number of nitrogens with one attached hydrogen (secondary N) is 1. The number of anilines is 1. The van der Waals surface area contributed by atoms with Gasteiger partial charge in [0.15, 0.2) is 0 Å². The van der Waals surface area contributed by atoms with E-state index >= 15 is 0 Å². The molecular weight excluding hydrogens is 266 g/mol. The summed E-state index contributed by atoms with van der Waals surface area (Å²) >= 11 is 0. The number of amides is 1. The summed E-state index contributed by atoms with van der Waals surface area (Å²) in [6, 6.07) is 7.53. The van der Waals surface area contributed by atoms with Crippen LogP contribution in [-0.2, 0) is 6.54 Å². The molecule has 0 fully saturated rings. The Bertz CT molecular complexity index is 597. The van der Waals surface area contributed by atoms with E-state index in [4.69, 9.17) is 4.42 Å². The molecule has 0 unspecified atom stereocenters. The molecule has 1 N–H and O–H groups in total. The van der Waals surface area contributed by atoms with Crippen LogP contribution in [0.5, 0.6) is 0 Å². The number of nitrogens with zero attached hydrogens (tertiary/aromatic N) is 2. The summed E-state index contributed by atoms with van der Waals surface area (Å²) in [5.74, 6) is 1.18. The highest BCUT2D eigenvalue weighted by atomic mass is 16.4. The Morgan fingerprint density at radius 3 is 2.48 bits per heavy atom. The normalized spacial score (nSPS) is 10.5. The van der Waals surface area contributed by atoms with Gasteiger partial charge in [-0.3, -0.25) is 4.79 Å². The fraction of sp³-hybridized carbons (Fsp3) is 0.375. The molecule has 1 amide bonds. The summed E-state index contributed by atoms with van der Waals surface area (Å²) in [7, 11) is 2.02. The van der Waals surface area contributed by atoms with Crippen molar-refractivity contribution in [2.75, 3.05) is 18.5 Å². The van der Waals surface area contributed by atoms with Crippen molar-refractivity contribution in [3.8, 4) is 0 Å². The lowest BCUT2D eigenvalue weighted by atomic mass is 10.2. The molecule has 5 nitrogen and oxygen atoms in total. The van der Waals surface area contributed by atoms with Gasteiger partial charge in [-0.25, -0.2) is 4.98 Å². The van der Waals surface area contributed by atoms with Crippen LogP contribution in [0.1, 0.15) is 34.6 Å². The molecule has 112 valence electrons. The van der Waals surface area contributed by atoms with E-state index in [9.17, 15) is 4.79 Å². The zero-order valence-corrected chi connectivity index (χ0v) is 12.9. The second-order valence-electron chi connectivity index (χ2n) is 4.99.